The van der Waals surface area contributed by atoms with Crippen LogP contribution < -0.4 is 4.72 Å². The summed E-state index contributed by atoms with van der Waals surface area (Å²) in [4.78, 5) is 0. The van der Waals surface area contributed by atoms with Crippen molar-refractivity contribution >= 4 is 10.0 Å². The highest BCUT2D eigenvalue weighted by atomic mass is 32.2. The van der Waals surface area contributed by atoms with E-state index in [2.05, 4.69) is 4.72 Å². The van der Waals surface area contributed by atoms with Gasteiger partial charge >= 0.3 is 0 Å². The first-order valence-corrected chi connectivity index (χ1v) is 5.48. The fraction of sp³-hybridized carbons (Fsp3) is 1.00. The number of rotatable bonds is 4. The summed E-state index contributed by atoms with van der Waals surface area (Å²) in [5.74, 6) is 0.400. The smallest absolute Gasteiger partial charge is 0.212 e. The molecule has 0 saturated heterocycles. The van der Waals surface area contributed by atoms with E-state index in [0.29, 0.717) is 0 Å². The molecule has 0 spiro atoms. The number of hydrogen-bond donors (Lipinski definition) is 1. The highest BCUT2D eigenvalue weighted by Crippen LogP contribution is 1.98. The van der Waals surface area contributed by atoms with Crippen LogP contribution in [0.4, 0.5) is 0 Å². The van der Waals surface area contributed by atoms with Crippen LogP contribution in [0.25, 0.3) is 0 Å². The fourth-order valence-electron chi connectivity index (χ4n) is 0.846. The number of sulfonamides is 1. The van der Waals surface area contributed by atoms with Crippen molar-refractivity contribution in [2.24, 2.45) is 5.92 Å². The minimum atomic E-state index is -3.03. The lowest BCUT2D eigenvalue weighted by Gasteiger charge is -2.10. The van der Waals surface area contributed by atoms with Crippen molar-refractivity contribution in [2.45, 2.75) is 33.7 Å². The largest absolute Gasteiger partial charge is 0.213 e. The molecule has 0 aromatic rings. The molecule has 0 amide bonds. The van der Waals surface area contributed by atoms with Crippen LogP contribution in [0.2, 0.25) is 0 Å². The van der Waals surface area contributed by atoms with Gasteiger partial charge in [0.15, 0.2) is 0 Å². The molecule has 0 rings (SSSR count). The van der Waals surface area contributed by atoms with Gasteiger partial charge < -0.3 is 0 Å². The molecule has 0 atom stereocenters. The van der Waals surface area contributed by atoms with Gasteiger partial charge in [0.05, 0.1) is 5.75 Å². The van der Waals surface area contributed by atoms with Crippen LogP contribution in [-0.2, 0) is 10.0 Å². The zero-order valence-electron chi connectivity index (χ0n) is 7.59. The van der Waals surface area contributed by atoms with Gasteiger partial charge in [-0.2, -0.15) is 0 Å². The van der Waals surface area contributed by atoms with E-state index in [1.54, 1.807) is 0 Å². The van der Waals surface area contributed by atoms with E-state index in [9.17, 15) is 8.42 Å². The molecule has 0 aromatic heterocycles. The van der Waals surface area contributed by atoms with E-state index in [4.69, 9.17) is 0 Å². The highest BCUT2D eigenvalue weighted by molar-refractivity contribution is 7.89. The van der Waals surface area contributed by atoms with Crippen LogP contribution in [-0.4, -0.2) is 20.2 Å². The van der Waals surface area contributed by atoms with Crippen molar-refractivity contribution in [3.63, 3.8) is 0 Å². The van der Waals surface area contributed by atoms with Crippen LogP contribution >= 0.6 is 0 Å². The Morgan fingerprint density at radius 3 is 1.91 bits per heavy atom. The summed E-state index contributed by atoms with van der Waals surface area (Å²) in [5, 5.41) is 0. The third-order valence-electron chi connectivity index (χ3n) is 0.968. The zero-order chi connectivity index (χ0) is 9.07. The first kappa shape index (κ1) is 10.9. The topological polar surface area (TPSA) is 46.2 Å². The molecule has 0 aliphatic rings. The van der Waals surface area contributed by atoms with Crippen LogP contribution in [0.1, 0.15) is 27.7 Å². The number of hydrogen-bond acceptors (Lipinski definition) is 2. The second-order valence-corrected chi connectivity index (χ2v) is 5.25. The second kappa shape index (κ2) is 4.07. The molecule has 0 aliphatic carbocycles. The van der Waals surface area contributed by atoms with Crippen LogP contribution in [0.5, 0.6) is 0 Å². The Balaban J connectivity index is 4.03. The minimum absolute atomic E-state index is 0.00116. The lowest BCUT2D eigenvalue weighted by Crippen LogP contribution is -2.33. The Morgan fingerprint density at radius 2 is 1.64 bits per heavy atom. The Kier molecular flexibility index (Phi) is 4.03. The maximum Gasteiger partial charge on any atom is 0.212 e. The molecule has 0 bridgehead atoms. The predicted molar refractivity (Wildman–Crippen MR) is 46.9 cm³/mol. The SMILES string of the molecule is CC(C)CS(=O)(=O)NC(C)C. The van der Waals surface area contributed by atoms with Crippen molar-refractivity contribution < 1.29 is 8.42 Å². The van der Waals surface area contributed by atoms with E-state index in [1.807, 2.05) is 27.7 Å². The molecule has 0 fully saturated rings. The molecule has 11 heavy (non-hydrogen) atoms. The molecule has 68 valence electrons. The fourth-order valence-corrected chi connectivity index (χ4v) is 2.54. The van der Waals surface area contributed by atoms with Crippen molar-refractivity contribution in [3.05, 3.63) is 0 Å². The van der Waals surface area contributed by atoms with Gasteiger partial charge in [-0.25, -0.2) is 13.1 Å². The lowest BCUT2D eigenvalue weighted by atomic mass is 10.3. The Morgan fingerprint density at radius 1 is 1.18 bits per heavy atom. The normalized spacial score (nSPS) is 12.9. The predicted octanol–water partition coefficient (Wildman–Crippen LogP) is 0.970. The van der Waals surface area contributed by atoms with Gasteiger partial charge in [0.1, 0.15) is 0 Å². The Bertz CT molecular complexity index is 178. The molecule has 0 aromatic carbocycles. The maximum atomic E-state index is 11.1. The Hall–Kier alpha value is -0.0900. The average molecular weight is 179 g/mol. The lowest BCUT2D eigenvalue weighted by molar-refractivity contribution is 0.557. The molecule has 0 radical (unpaired) electrons. The van der Waals surface area contributed by atoms with E-state index in [0.717, 1.165) is 0 Å². The van der Waals surface area contributed by atoms with Gasteiger partial charge in [-0.05, 0) is 19.8 Å². The van der Waals surface area contributed by atoms with Gasteiger partial charge in [-0.3, -0.25) is 0 Å². The highest BCUT2D eigenvalue weighted by Gasteiger charge is 2.12. The summed E-state index contributed by atoms with van der Waals surface area (Å²) in [6.45, 7) is 7.41. The van der Waals surface area contributed by atoms with E-state index in [-0.39, 0.29) is 17.7 Å². The van der Waals surface area contributed by atoms with Crippen LogP contribution in [0, 0.1) is 5.92 Å². The van der Waals surface area contributed by atoms with Crippen molar-refractivity contribution in [1.82, 2.24) is 4.72 Å². The molecule has 3 nitrogen and oxygen atoms in total. The van der Waals surface area contributed by atoms with Crippen molar-refractivity contribution in [2.75, 3.05) is 5.75 Å². The summed E-state index contributed by atoms with van der Waals surface area (Å²) in [7, 11) is -3.03. The third-order valence-corrected chi connectivity index (χ3v) is 2.90. The zero-order valence-corrected chi connectivity index (χ0v) is 8.40. The average Bonchev–Trinajstić information content (AvgIpc) is 1.53. The summed E-state index contributed by atoms with van der Waals surface area (Å²) in [6, 6.07) is -0.00116. The molecule has 0 heterocycles. The monoisotopic (exact) mass is 179 g/mol. The summed E-state index contributed by atoms with van der Waals surface area (Å²) in [6.07, 6.45) is 0. The summed E-state index contributed by atoms with van der Waals surface area (Å²) < 4.78 is 24.8. The van der Waals surface area contributed by atoms with E-state index in [1.165, 1.54) is 0 Å². The quantitative estimate of drug-likeness (QED) is 0.699. The van der Waals surface area contributed by atoms with Gasteiger partial charge in [0.2, 0.25) is 10.0 Å². The van der Waals surface area contributed by atoms with Gasteiger partial charge in [-0.15, -0.1) is 0 Å². The third kappa shape index (κ3) is 6.31. The van der Waals surface area contributed by atoms with Crippen LogP contribution in [0.3, 0.4) is 0 Å². The molecule has 0 unspecified atom stereocenters. The van der Waals surface area contributed by atoms with Crippen molar-refractivity contribution in [1.29, 1.82) is 0 Å². The van der Waals surface area contributed by atoms with E-state index >= 15 is 0 Å². The Labute approximate surface area is 69.2 Å². The standard InChI is InChI=1S/C7H17NO2S/c1-6(2)5-11(9,10)8-7(3)4/h6-8H,5H2,1-4H3. The molecule has 1 N–H and O–H groups in total. The maximum absolute atomic E-state index is 11.1. The van der Waals surface area contributed by atoms with Gasteiger partial charge in [0, 0.05) is 6.04 Å². The molecule has 0 saturated carbocycles. The van der Waals surface area contributed by atoms with E-state index < -0.39 is 10.0 Å². The molecule has 4 heteroatoms. The molecular weight excluding hydrogens is 162 g/mol. The van der Waals surface area contributed by atoms with Crippen LogP contribution in [0.15, 0.2) is 0 Å². The molecule has 0 aliphatic heterocycles. The summed E-state index contributed by atoms with van der Waals surface area (Å²) >= 11 is 0. The van der Waals surface area contributed by atoms with Gasteiger partial charge in [0.25, 0.3) is 0 Å². The summed E-state index contributed by atoms with van der Waals surface area (Å²) in [5.41, 5.74) is 0. The first-order valence-electron chi connectivity index (χ1n) is 3.83. The number of nitrogens with one attached hydrogen (secondary N) is 1. The minimum Gasteiger partial charge on any atom is -0.213 e. The molecular formula is C7H17NO2S. The first-order chi connectivity index (χ1) is 4.83. The van der Waals surface area contributed by atoms with Crippen molar-refractivity contribution in [3.8, 4) is 0 Å². The second-order valence-electron chi connectivity index (χ2n) is 3.45. The van der Waals surface area contributed by atoms with Gasteiger partial charge in [-0.1, -0.05) is 13.8 Å².